The average Bonchev–Trinajstić information content (AvgIpc) is 3.71. The Kier molecular flexibility index (Phi) is 6.90. The predicted molar refractivity (Wildman–Crippen MR) is 216 cm³/mol. The standard InChI is InChI=1S/C48H34N4/c1-31-19-20-38(52-47-17-9-5-13-42(47)43-14-6-10-18-48(43)52)26-44(31)36-25-34(28-50-30-36)33-24-35(29-49-27-33)39-22-21-37(23-32(39)2)51-45-15-7-3-11-40(45)41-12-4-8-16-46(41)51/h3-30H,1-2H3. The number of aryl methyl sites for hydroxylation is 2. The molecular formula is C48H34N4. The van der Waals surface area contributed by atoms with E-state index in [9.17, 15) is 0 Å². The second-order valence-corrected chi connectivity index (χ2v) is 13.7. The van der Waals surface area contributed by atoms with Gasteiger partial charge in [-0.3, -0.25) is 9.97 Å². The molecule has 4 heterocycles. The molecule has 0 fully saturated rings. The van der Waals surface area contributed by atoms with Gasteiger partial charge in [0.2, 0.25) is 0 Å². The number of nitrogens with zero attached hydrogens (tertiary/aromatic N) is 4. The van der Waals surface area contributed by atoms with Gasteiger partial charge in [-0.1, -0.05) is 84.9 Å². The topological polar surface area (TPSA) is 35.6 Å². The summed E-state index contributed by atoms with van der Waals surface area (Å²) < 4.78 is 4.73. The van der Waals surface area contributed by atoms with Crippen molar-refractivity contribution in [1.29, 1.82) is 0 Å². The highest BCUT2D eigenvalue weighted by atomic mass is 15.0. The van der Waals surface area contributed by atoms with Crippen LogP contribution in [0.2, 0.25) is 0 Å². The van der Waals surface area contributed by atoms with Crippen LogP contribution in [0.25, 0.3) is 88.4 Å². The number of rotatable bonds is 5. The van der Waals surface area contributed by atoms with E-state index in [2.05, 4.69) is 169 Å². The summed E-state index contributed by atoms with van der Waals surface area (Å²) in [4.78, 5) is 9.47. The maximum Gasteiger partial charge on any atom is 0.0541 e. The van der Waals surface area contributed by atoms with Crippen molar-refractivity contribution in [2.24, 2.45) is 0 Å². The molecule has 0 saturated carbocycles. The third-order valence-corrected chi connectivity index (χ3v) is 10.5. The number of benzene rings is 6. The highest BCUT2D eigenvalue weighted by Crippen LogP contribution is 2.37. The van der Waals surface area contributed by atoms with E-state index in [0.29, 0.717) is 0 Å². The van der Waals surface area contributed by atoms with Crippen molar-refractivity contribution in [1.82, 2.24) is 19.1 Å². The Hall–Kier alpha value is -6.78. The Balaban J connectivity index is 1.02. The first-order valence-electron chi connectivity index (χ1n) is 17.7. The fraction of sp³-hybridized carbons (Fsp3) is 0.0417. The molecule has 4 aromatic heterocycles. The largest absolute Gasteiger partial charge is 0.309 e. The van der Waals surface area contributed by atoms with Gasteiger partial charge in [0.05, 0.1) is 22.1 Å². The van der Waals surface area contributed by atoms with Gasteiger partial charge in [-0.25, -0.2) is 0 Å². The van der Waals surface area contributed by atoms with Crippen LogP contribution < -0.4 is 0 Å². The molecule has 0 aliphatic heterocycles. The molecule has 4 nitrogen and oxygen atoms in total. The van der Waals surface area contributed by atoms with Crippen LogP contribution in [0, 0.1) is 13.8 Å². The van der Waals surface area contributed by atoms with E-state index < -0.39 is 0 Å². The molecule has 4 heteroatoms. The molecule has 52 heavy (non-hydrogen) atoms. The van der Waals surface area contributed by atoms with Crippen LogP contribution in [0.15, 0.2) is 170 Å². The van der Waals surface area contributed by atoms with Crippen LogP contribution in [0.5, 0.6) is 0 Å². The number of fused-ring (bicyclic) bond motifs is 6. The molecule has 0 spiro atoms. The summed E-state index contributed by atoms with van der Waals surface area (Å²) in [5, 5.41) is 5.04. The zero-order valence-electron chi connectivity index (χ0n) is 29.0. The van der Waals surface area contributed by atoms with Crippen LogP contribution >= 0.6 is 0 Å². The Labute approximate surface area is 301 Å². The lowest BCUT2D eigenvalue weighted by molar-refractivity contribution is 1.17. The molecule has 0 bridgehead atoms. The molecule has 6 aromatic carbocycles. The second-order valence-electron chi connectivity index (χ2n) is 13.7. The average molecular weight is 667 g/mol. The molecule has 0 aliphatic rings. The minimum Gasteiger partial charge on any atom is -0.309 e. The van der Waals surface area contributed by atoms with Crippen molar-refractivity contribution < 1.29 is 0 Å². The molecule has 0 aliphatic carbocycles. The van der Waals surface area contributed by atoms with Gasteiger partial charge in [-0.15, -0.1) is 0 Å². The normalized spacial score (nSPS) is 11.7. The Morgan fingerprint density at radius 2 is 0.750 bits per heavy atom. The van der Waals surface area contributed by atoms with Gasteiger partial charge in [0.25, 0.3) is 0 Å². The number of aromatic nitrogens is 4. The molecule has 246 valence electrons. The summed E-state index contributed by atoms with van der Waals surface area (Å²) >= 11 is 0. The molecule has 0 unspecified atom stereocenters. The molecule has 0 atom stereocenters. The molecule has 10 aromatic rings. The first-order chi connectivity index (χ1) is 25.6. The highest BCUT2D eigenvalue weighted by molar-refractivity contribution is 6.10. The lowest BCUT2D eigenvalue weighted by Gasteiger charge is -2.14. The van der Waals surface area contributed by atoms with Gasteiger partial charge >= 0.3 is 0 Å². The van der Waals surface area contributed by atoms with Crippen molar-refractivity contribution in [2.75, 3.05) is 0 Å². The van der Waals surface area contributed by atoms with Gasteiger partial charge in [0.1, 0.15) is 0 Å². The van der Waals surface area contributed by atoms with Crippen molar-refractivity contribution in [3.05, 3.63) is 182 Å². The first-order valence-corrected chi connectivity index (χ1v) is 17.7. The fourth-order valence-electron chi connectivity index (χ4n) is 8.06. The zero-order valence-corrected chi connectivity index (χ0v) is 29.0. The third-order valence-electron chi connectivity index (χ3n) is 10.5. The summed E-state index contributed by atoms with van der Waals surface area (Å²) in [7, 11) is 0. The maximum atomic E-state index is 4.74. The Bertz CT molecular complexity index is 2890. The van der Waals surface area contributed by atoms with Crippen LogP contribution in [-0.4, -0.2) is 19.1 Å². The molecule has 10 rings (SSSR count). The summed E-state index contributed by atoms with van der Waals surface area (Å²) in [6.07, 6.45) is 7.81. The Morgan fingerprint density at radius 1 is 0.346 bits per heavy atom. The summed E-state index contributed by atoms with van der Waals surface area (Å²) in [6, 6.07) is 52.5. The van der Waals surface area contributed by atoms with Crippen molar-refractivity contribution in [3.63, 3.8) is 0 Å². The van der Waals surface area contributed by atoms with E-state index in [1.165, 1.54) is 54.7 Å². The minimum atomic E-state index is 1.04. The third kappa shape index (κ3) is 4.76. The molecule has 0 N–H and O–H groups in total. The van der Waals surface area contributed by atoms with E-state index in [-0.39, 0.29) is 0 Å². The lowest BCUT2D eigenvalue weighted by Crippen LogP contribution is -1.96. The quantitative estimate of drug-likeness (QED) is 0.183. The monoisotopic (exact) mass is 666 g/mol. The second kappa shape index (κ2) is 11.9. The molecular weight excluding hydrogens is 633 g/mol. The number of pyridine rings is 2. The van der Waals surface area contributed by atoms with Gasteiger partial charge in [0.15, 0.2) is 0 Å². The van der Waals surface area contributed by atoms with E-state index in [1.54, 1.807) is 0 Å². The fourth-order valence-corrected chi connectivity index (χ4v) is 8.06. The highest BCUT2D eigenvalue weighted by Gasteiger charge is 2.16. The molecule has 0 radical (unpaired) electrons. The SMILES string of the molecule is Cc1cc(-n2c3ccccc3c3ccccc32)ccc1-c1cncc(-c2cncc(-c3cc(-n4c5ccccc5c5ccccc54)ccc3C)c2)c1. The van der Waals surface area contributed by atoms with Gasteiger partial charge in [-0.05, 0) is 96.8 Å². The van der Waals surface area contributed by atoms with Gasteiger partial charge < -0.3 is 9.13 Å². The van der Waals surface area contributed by atoms with Gasteiger partial charge in [-0.2, -0.15) is 0 Å². The van der Waals surface area contributed by atoms with E-state index in [1.807, 2.05) is 24.8 Å². The predicted octanol–water partition coefficient (Wildman–Crippen LogP) is 12.3. The lowest BCUT2D eigenvalue weighted by atomic mass is 9.96. The van der Waals surface area contributed by atoms with Crippen LogP contribution in [0.3, 0.4) is 0 Å². The van der Waals surface area contributed by atoms with Crippen LogP contribution in [0.1, 0.15) is 11.1 Å². The number of hydrogen-bond donors (Lipinski definition) is 0. The van der Waals surface area contributed by atoms with Crippen molar-refractivity contribution >= 4 is 43.6 Å². The van der Waals surface area contributed by atoms with Crippen LogP contribution in [-0.2, 0) is 0 Å². The van der Waals surface area contributed by atoms with Crippen molar-refractivity contribution in [2.45, 2.75) is 13.8 Å². The summed E-state index contributed by atoms with van der Waals surface area (Å²) in [5.41, 5.74) is 16.1. The minimum absolute atomic E-state index is 1.04. The molecule has 0 saturated heterocycles. The summed E-state index contributed by atoms with van der Waals surface area (Å²) in [5.74, 6) is 0. The van der Waals surface area contributed by atoms with E-state index in [0.717, 1.165) is 44.8 Å². The summed E-state index contributed by atoms with van der Waals surface area (Å²) in [6.45, 7) is 4.36. The first kappa shape index (κ1) is 30.1. The number of para-hydroxylation sites is 4. The zero-order chi connectivity index (χ0) is 34.8. The smallest absolute Gasteiger partial charge is 0.0541 e. The van der Waals surface area contributed by atoms with Crippen LogP contribution in [0.4, 0.5) is 0 Å². The van der Waals surface area contributed by atoms with Gasteiger partial charge in [0, 0.05) is 80.0 Å². The maximum absolute atomic E-state index is 4.74. The number of hydrogen-bond acceptors (Lipinski definition) is 2. The Morgan fingerprint density at radius 3 is 1.23 bits per heavy atom. The van der Waals surface area contributed by atoms with Crippen molar-refractivity contribution in [3.8, 4) is 44.8 Å². The van der Waals surface area contributed by atoms with E-state index >= 15 is 0 Å². The molecule has 0 amide bonds. The van der Waals surface area contributed by atoms with E-state index in [4.69, 9.17) is 9.97 Å².